The van der Waals surface area contributed by atoms with Crippen LogP contribution >= 0.6 is 0 Å². The number of hydrogen-bond acceptors (Lipinski definition) is 6. The fourth-order valence-corrected chi connectivity index (χ4v) is 5.16. The van der Waals surface area contributed by atoms with Gasteiger partial charge in [-0.05, 0) is 35.7 Å². The quantitative estimate of drug-likeness (QED) is 0.346. The van der Waals surface area contributed by atoms with Crippen LogP contribution in [0.2, 0.25) is 0 Å². The molecule has 6 rings (SSSR count). The maximum Gasteiger partial charge on any atom is 0.254 e. The van der Waals surface area contributed by atoms with Gasteiger partial charge in [0.2, 0.25) is 0 Å². The SMILES string of the molecule is CC(C)NCc1nc(Nc2ccc(-c3cnc4cc(F)ccn34)c3c2C(=O)NC3)ccc1C1CCOC1. The van der Waals surface area contributed by atoms with Gasteiger partial charge < -0.3 is 20.7 Å². The second-order valence-corrected chi connectivity index (χ2v) is 9.87. The third-order valence-corrected chi connectivity index (χ3v) is 7.04. The first-order valence-electron chi connectivity index (χ1n) is 12.6. The predicted octanol–water partition coefficient (Wildman–Crippen LogP) is 4.52. The molecule has 1 amide bonds. The molecule has 1 atom stereocenters. The number of carbonyl (C=O) groups is 1. The van der Waals surface area contributed by atoms with Crippen LogP contribution < -0.4 is 16.0 Å². The Kier molecular flexibility index (Phi) is 6.10. The molecule has 2 aliphatic rings. The van der Waals surface area contributed by atoms with Crippen molar-refractivity contribution in [3.8, 4) is 11.3 Å². The van der Waals surface area contributed by atoms with E-state index < -0.39 is 0 Å². The van der Waals surface area contributed by atoms with Gasteiger partial charge in [0.05, 0.1) is 35.4 Å². The standard InChI is InChI=1S/C28H29FN6O2/c1-16(2)30-13-23-19(17-8-10-37-15-17)4-6-25(34-23)33-22-5-3-20(21-12-32-28(36)27(21)22)24-14-31-26-11-18(29)7-9-35(24)26/h3-7,9,11,14,16-17,30H,8,10,12-13,15H2,1-2H3,(H,32,36)(H,33,34). The summed E-state index contributed by atoms with van der Waals surface area (Å²) >= 11 is 0. The van der Waals surface area contributed by atoms with Gasteiger partial charge in [0.15, 0.2) is 0 Å². The van der Waals surface area contributed by atoms with Gasteiger partial charge in [0, 0.05) is 49.5 Å². The number of hydrogen-bond donors (Lipinski definition) is 3. The molecule has 9 heteroatoms. The topological polar surface area (TPSA) is 92.6 Å². The van der Waals surface area contributed by atoms with Crippen LogP contribution in [-0.2, 0) is 17.8 Å². The minimum atomic E-state index is -0.340. The van der Waals surface area contributed by atoms with E-state index in [9.17, 15) is 9.18 Å². The van der Waals surface area contributed by atoms with Gasteiger partial charge in [-0.2, -0.15) is 0 Å². The largest absolute Gasteiger partial charge is 0.381 e. The summed E-state index contributed by atoms with van der Waals surface area (Å²) in [6.45, 7) is 6.79. The van der Waals surface area contributed by atoms with E-state index in [-0.39, 0.29) is 11.7 Å². The number of imidazole rings is 1. The Morgan fingerprint density at radius 3 is 2.95 bits per heavy atom. The molecule has 1 unspecified atom stereocenters. The molecule has 0 radical (unpaired) electrons. The minimum absolute atomic E-state index is 0.138. The van der Waals surface area contributed by atoms with E-state index in [0.29, 0.717) is 54.4 Å². The smallest absolute Gasteiger partial charge is 0.254 e. The molecule has 37 heavy (non-hydrogen) atoms. The molecule has 0 aliphatic carbocycles. The Morgan fingerprint density at radius 1 is 1.24 bits per heavy atom. The van der Waals surface area contributed by atoms with Gasteiger partial charge >= 0.3 is 0 Å². The minimum Gasteiger partial charge on any atom is -0.381 e. The van der Waals surface area contributed by atoms with Crippen LogP contribution in [0.3, 0.4) is 0 Å². The molecule has 0 spiro atoms. The van der Waals surface area contributed by atoms with Gasteiger partial charge in [-0.15, -0.1) is 0 Å². The summed E-state index contributed by atoms with van der Waals surface area (Å²) in [5.74, 6) is 0.552. The van der Waals surface area contributed by atoms with E-state index in [0.717, 1.165) is 35.5 Å². The van der Waals surface area contributed by atoms with Gasteiger partial charge in [-0.25, -0.2) is 14.4 Å². The van der Waals surface area contributed by atoms with Crippen LogP contribution in [0.25, 0.3) is 16.9 Å². The number of nitrogens with one attached hydrogen (secondary N) is 3. The summed E-state index contributed by atoms with van der Waals surface area (Å²) in [5, 5.41) is 9.82. The van der Waals surface area contributed by atoms with Gasteiger partial charge in [0.1, 0.15) is 17.3 Å². The molecular formula is C28H29FN6O2. The van der Waals surface area contributed by atoms with Crippen molar-refractivity contribution in [3.05, 3.63) is 77.0 Å². The Balaban J connectivity index is 1.36. The van der Waals surface area contributed by atoms with Crippen LogP contribution in [0.5, 0.6) is 0 Å². The summed E-state index contributed by atoms with van der Waals surface area (Å²) in [6.07, 6.45) is 4.36. The fourth-order valence-electron chi connectivity index (χ4n) is 5.16. The van der Waals surface area contributed by atoms with Crippen molar-refractivity contribution in [2.24, 2.45) is 0 Å². The zero-order valence-corrected chi connectivity index (χ0v) is 20.8. The van der Waals surface area contributed by atoms with Crippen LogP contribution in [-0.4, -0.2) is 39.5 Å². The van der Waals surface area contributed by atoms with Gasteiger partial charge in [0.25, 0.3) is 5.91 Å². The number of ether oxygens (including phenoxy) is 1. The van der Waals surface area contributed by atoms with Gasteiger partial charge in [-0.1, -0.05) is 26.0 Å². The predicted molar refractivity (Wildman–Crippen MR) is 139 cm³/mol. The Hall–Kier alpha value is -3.82. The third-order valence-electron chi connectivity index (χ3n) is 7.04. The van der Waals surface area contributed by atoms with Crippen molar-refractivity contribution in [3.63, 3.8) is 0 Å². The van der Waals surface area contributed by atoms with Crippen molar-refractivity contribution in [1.29, 1.82) is 0 Å². The monoisotopic (exact) mass is 500 g/mol. The highest BCUT2D eigenvalue weighted by atomic mass is 19.1. The number of fused-ring (bicyclic) bond motifs is 2. The summed E-state index contributed by atoms with van der Waals surface area (Å²) < 4.78 is 21.1. The summed E-state index contributed by atoms with van der Waals surface area (Å²) in [6, 6.07) is 11.1. The number of aromatic nitrogens is 3. The number of anilines is 2. The number of benzene rings is 1. The first kappa shape index (κ1) is 23.6. The molecule has 1 aromatic carbocycles. The lowest BCUT2D eigenvalue weighted by Gasteiger charge is -2.18. The zero-order chi connectivity index (χ0) is 25.5. The molecule has 190 valence electrons. The average molecular weight is 501 g/mol. The number of nitrogens with zero attached hydrogens (tertiary/aromatic N) is 3. The van der Waals surface area contributed by atoms with E-state index in [2.05, 4.69) is 40.8 Å². The second-order valence-electron chi connectivity index (χ2n) is 9.87. The van der Waals surface area contributed by atoms with Crippen molar-refractivity contribution in [1.82, 2.24) is 25.0 Å². The summed E-state index contributed by atoms with van der Waals surface area (Å²) in [7, 11) is 0. The van der Waals surface area contributed by atoms with E-state index >= 15 is 0 Å². The highest BCUT2D eigenvalue weighted by Gasteiger charge is 2.28. The first-order chi connectivity index (χ1) is 18.0. The van der Waals surface area contributed by atoms with E-state index in [4.69, 9.17) is 9.72 Å². The molecule has 3 N–H and O–H groups in total. The molecule has 4 aromatic rings. The van der Waals surface area contributed by atoms with Crippen molar-refractivity contribution in [2.75, 3.05) is 18.5 Å². The Labute approximate surface area is 214 Å². The van der Waals surface area contributed by atoms with E-state index in [1.54, 1.807) is 12.4 Å². The molecule has 0 saturated carbocycles. The highest BCUT2D eigenvalue weighted by molar-refractivity contribution is 6.06. The van der Waals surface area contributed by atoms with Crippen molar-refractivity contribution in [2.45, 2.75) is 45.3 Å². The maximum atomic E-state index is 13.7. The maximum absolute atomic E-state index is 13.7. The number of carbonyl (C=O) groups excluding carboxylic acids is 1. The Bertz CT molecular complexity index is 1490. The number of rotatable bonds is 7. The van der Waals surface area contributed by atoms with Gasteiger partial charge in [-0.3, -0.25) is 9.20 Å². The lowest BCUT2D eigenvalue weighted by atomic mass is 9.96. The fraction of sp³-hybridized carbons (Fsp3) is 0.321. The zero-order valence-electron chi connectivity index (χ0n) is 20.8. The molecule has 0 bridgehead atoms. The second kappa shape index (κ2) is 9.57. The number of amides is 1. The third kappa shape index (κ3) is 4.45. The normalized spacial score (nSPS) is 17.0. The van der Waals surface area contributed by atoms with Crippen LogP contribution in [0, 0.1) is 5.82 Å². The molecule has 8 nitrogen and oxygen atoms in total. The van der Waals surface area contributed by atoms with E-state index in [1.807, 2.05) is 22.6 Å². The molecule has 2 aliphatic heterocycles. The van der Waals surface area contributed by atoms with Crippen LogP contribution in [0.4, 0.5) is 15.9 Å². The first-order valence-corrected chi connectivity index (χ1v) is 12.6. The molecule has 3 aromatic heterocycles. The van der Waals surface area contributed by atoms with Crippen LogP contribution in [0.15, 0.2) is 48.8 Å². The average Bonchev–Trinajstić information content (AvgIpc) is 3.64. The van der Waals surface area contributed by atoms with E-state index in [1.165, 1.54) is 17.7 Å². The highest BCUT2D eigenvalue weighted by Crippen LogP contribution is 2.36. The number of halogens is 1. The van der Waals surface area contributed by atoms with Crippen molar-refractivity contribution >= 4 is 23.1 Å². The Morgan fingerprint density at radius 2 is 2.14 bits per heavy atom. The molecular weight excluding hydrogens is 471 g/mol. The number of pyridine rings is 2. The van der Waals surface area contributed by atoms with Crippen LogP contribution in [0.1, 0.15) is 53.4 Å². The lowest BCUT2D eigenvalue weighted by molar-refractivity contribution is 0.0966. The lowest BCUT2D eigenvalue weighted by Crippen LogP contribution is -2.24. The molecule has 1 saturated heterocycles. The summed E-state index contributed by atoms with van der Waals surface area (Å²) in [4.78, 5) is 22.2. The summed E-state index contributed by atoms with van der Waals surface area (Å²) in [5.41, 5.74) is 6.56. The molecule has 5 heterocycles. The van der Waals surface area contributed by atoms with Crippen molar-refractivity contribution < 1.29 is 13.9 Å². The molecule has 1 fully saturated rings.